The first-order chi connectivity index (χ1) is 17.5. The van der Waals surface area contributed by atoms with Crippen LogP contribution in [-0.4, -0.2) is 34.0 Å². The van der Waals surface area contributed by atoms with E-state index in [0.717, 1.165) is 11.1 Å². The van der Waals surface area contributed by atoms with Gasteiger partial charge in [-0.25, -0.2) is 8.42 Å². The molecule has 7 nitrogen and oxygen atoms in total. The summed E-state index contributed by atoms with van der Waals surface area (Å²) in [5.74, 6) is 0.852. The number of hydrogen-bond acceptors (Lipinski definition) is 6. The molecule has 1 heterocycles. The van der Waals surface area contributed by atoms with Gasteiger partial charge in [-0.15, -0.1) is 0 Å². The van der Waals surface area contributed by atoms with Gasteiger partial charge < -0.3 is 14.8 Å². The molecule has 1 aliphatic rings. The third-order valence-electron chi connectivity index (χ3n) is 5.78. The van der Waals surface area contributed by atoms with Crippen molar-refractivity contribution in [2.75, 3.05) is 24.1 Å². The molecule has 0 aliphatic carbocycles. The number of ketones is 1. The molecule has 188 valence electrons. The van der Waals surface area contributed by atoms with Gasteiger partial charge in [-0.1, -0.05) is 48.5 Å². The van der Waals surface area contributed by atoms with Crippen LogP contribution in [0, 0.1) is 0 Å². The Kier molecular flexibility index (Phi) is 7.95. The van der Waals surface area contributed by atoms with Crippen LogP contribution in [0.1, 0.15) is 35.3 Å². The number of fused-ring (bicyclic) bond motifs is 1. The van der Waals surface area contributed by atoms with Crippen LogP contribution < -0.4 is 19.1 Å². The van der Waals surface area contributed by atoms with Crippen LogP contribution in [0.2, 0.25) is 0 Å². The van der Waals surface area contributed by atoms with Crippen LogP contribution in [0.15, 0.2) is 83.9 Å². The lowest BCUT2D eigenvalue weighted by atomic mass is 10.1. The molecule has 0 saturated heterocycles. The van der Waals surface area contributed by atoms with Gasteiger partial charge in [0.05, 0.1) is 25.4 Å². The zero-order valence-corrected chi connectivity index (χ0v) is 21.3. The minimum Gasteiger partial charge on any atom is -0.490 e. The molecule has 0 saturated carbocycles. The summed E-state index contributed by atoms with van der Waals surface area (Å²) < 4.78 is 39.7. The van der Waals surface area contributed by atoms with Gasteiger partial charge in [0.15, 0.2) is 16.4 Å². The van der Waals surface area contributed by atoms with Gasteiger partial charge in [-0.2, -0.15) is 0 Å². The number of ether oxygens (including phenoxy) is 2. The molecule has 0 aromatic heterocycles. The lowest BCUT2D eigenvalue weighted by molar-refractivity contribution is 0.104. The zero-order chi connectivity index (χ0) is 25.5. The summed E-state index contributed by atoms with van der Waals surface area (Å²) in [6, 6.07) is 21.9. The Hall–Kier alpha value is -3.78. The van der Waals surface area contributed by atoms with Crippen LogP contribution in [0.4, 0.5) is 5.69 Å². The van der Waals surface area contributed by atoms with Crippen LogP contribution in [0.3, 0.4) is 0 Å². The van der Waals surface area contributed by atoms with Crippen molar-refractivity contribution >= 4 is 21.5 Å². The predicted octanol–water partition coefficient (Wildman–Crippen LogP) is 4.69. The summed E-state index contributed by atoms with van der Waals surface area (Å²) in [5.41, 5.74) is 2.59. The molecule has 0 atom stereocenters. The lowest BCUT2D eigenvalue weighted by Crippen LogP contribution is -2.39. The van der Waals surface area contributed by atoms with Crippen molar-refractivity contribution in [2.45, 2.75) is 26.8 Å². The van der Waals surface area contributed by atoms with Crippen molar-refractivity contribution < 1.29 is 22.7 Å². The molecule has 4 rings (SSSR count). The summed E-state index contributed by atoms with van der Waals surface area (Å²) in [4.78, 5) is 12.9. The number of hydrogen-bond donors (Lipinski definition) is 1. The SMILES string of the molecule is CCOc1ccc(CCN/C=C2\C(=O)c3ccccc3N(Cc3ccccc3)S2(=O)=O)cc1OCC. The molecule has 1 aliphatic heterocycles. The largest absolute Gasteiger partial charge is 0.490 e. The summed E-state index contributed by atoms with van der Waals surface area (Å²) in [7, 11) is -4.05. The van der Waals surface area contributed by atoms with E-state index in [1.807, 2.05) is 62.4 Å². The van der Waals surface area contributed by atoms with Crippen molar-refractivity contribution in [3.8, 4) is 11.5 Å². The zero-order valence-electron chi connectivity index (χ0n) is 20.4. The maximum atomic E-state index is 13.5. The highest BCUT2D eigenvalue weighted by Gasteiger charge is 2.39. The van der Waals surface area contributed by atoms with E-state index < -0.39 is 15.8 Å². The van der Waals surface area contributed by atoms with E-state index in [9.17, 15) is 13.2 Å². The summed E-state index contributed by atoms with van der Waals surface area (Å²) in [5, 5.41) is 3.04. The molecule has 0 unspecified atom stereocenters. The van der Waals surface area contributed by atoms with Gasteiger partial charge >= 0.3 is 0 Å². The first-order valence-electron chi connectivity index (χ1n) is 12.0. The number of benzene rings is 3. The van der Waals surface area contributed by atoms with Gasteiger partial charge in [0, 0.05) is 18.3 Å². The number of carbonyl (C=O) groups is 1. The number of sulfonamides is 1. The van der Waals surface area contributed by atoms with Gasteiger partial charge in [-0.05, 0) is 55.7 Å². The van der Waals surface area contributed by atoms with Crippen LogP contribution >= 0.6 is 0 Å². The monoisotopic (exact) mass is 506 g/mol. The highest BCUT2D eigenvalue weighted by atomic mass is 32.2. The van der Waals surface area contributed by atoms with Crippen molar-refractivity contribution in [2.24, 2.45) is 0 Å². The van der Waals surface area contributed by atoms with Crippen LogP contribution in [0.25, 0.3) is 0 Å². The van der Waals surface area contributed by atoms with Gasteiger partial charge in [0.1, 0.15) is 0 Å². The number of nitrogens with one attached hydrogen (secondary N) is 1. The minimum atomic E-state index is -4.05. The Labute approximate surface area is 212 Å². The van der Waals surface area contributed by atoms with Crippen molar-refractivity contribution in [1.82, 2.24) is 5.32 Å². The molecule has 3 aromatic carbocycles. The number of anilines is 1. The van der Waals surface area contributed by atoms with Gasteiger partial charge in [0.2, 0.25) is 5.78 Å². The fourth-order valence-electron chi connectivity index (χ4n) is 4.07. The average Bonchev–Trinajstić information content (AvgIpc) is 2.88. The molecule has 1 N–H and O–H groups in total. The van der Waals surface area contributed by atoms with E-state index >= 15 is 0 Å². The lowest BCUT2D eigenvalue weighted by Gasteiger charge is -2.31. The van der Waals surface area contributed by atoms with E-state index in [4.69, 9.17) is 9.47 Å². The topological polar surface area (TPSA) is 84.9 Å². The number of allylic oxidation sites excluding steroid dienone is 1. The standard InChI is InChI=1S/C28H30N2O5S/c1-3-34-25-15-14-21(18-26(25)35-4-2)16-17-29-19-27-28(31)23-12-8-9-13-24(23)30(36(27,32)33)20-22-10-6-5-7-11-22/h5-15,18-19,29H,3-4,16-17,20H2,1-2H3/b27-19+. The Balaban J connectivity index is 1.54. The minimum absolute atomic E-state index is 0.136. The van der Waals surface area contributed by atoms with E-state index in [0.29, 0.717) is 48.9 Å². The molecule has 0 bridgehead atoms. The molecule has 0 fully saturated rings. The maximum absolute atomic E-state index is 13.5. The molecule has 0 radical (unpaired) electrons. The Morgan fingerprint density at radius 2 is 1.56 bits per heavy atom. The Morgan fingerprint density at radius 3 is 2.31 bits per heavy atom. The molecular weight excluding hydrogens is 476 g/mol. The Morgan fingerprint density at radius 1 is 0.861 bits per heavy atom. The van der Waals surface area contributed by atoms with E-state index in [1.165, 1.54) is 10.5 Å². The summed E-state index contributed by atoms with van der Waals surface area (Å²) in [6.07, 6.45) is 1.93. The molecule has 36 heavy (non-hydrogen) atoms. The highest BCUT2D eigenvalue weighted by molar-refractivity contribution is 7.97. The van der Waals surface area contributed by atoms with Crippen LogP contribution in [0.5, 0.6) is 11.5 Å². The second-order valence-corrected chi connectivity index (χ2v) is 10.0. The third kappa shape index (κ3) is 5.39. The first-order valence-corrected chi connectivity index (χ1v) is 13.4. The number of carbonyl (C=O) groups excluding carboxylic acids is 1. The molecule has 0 amide bonds. The molecule has 8 heteroatoms. The van der Waals surface area contributed by atoms with Crippen molar-refractivity contribution in [3.63, 3.8) is 0 Å². The highest BCUT2D eigenvalue weighted by Crippen LogP contribution is 2.36. The van der Waals surface area contributed by atoms with Crippen molar-refractivity contribution in [3.05, 3.63) is 101 Å². The van der Waals surface area contributed by atoms with Crippen molar-refractivity contribution in [1.29, 1.82) is 0 Å². The third-order valence-corrected chi connectivity index (χ3v) is 7.54. The molecule has 0 spiro atoms. The second-order valence-electron chi connectivity index (χ2n) is 8.20. The summed E-state index contributed by atoms with van der Waals surface area (Å²) in [6.45, 7) is 5.47. The van der Waals surface area contributed by atoms with E-state index in [2.05, 4.69) is 5.32 Å². The fourth-order valence-corrected chi connectivity index (χ4v) is 5.62. The normalized spacial score (nSPS) is 15.4. The number of Topliss-reactive ketones (excluding diaryl/α,β-unsaturated/α-hetero) is 1. The van der Waals surface area contributed by atoms with E-state index in [1.54, 1.807) is 24.3 Å². The Bertz CT molecular complexity index is 1350. The molecule has 3 aromatic rings. The number of rotatable bonds is 10. The smallest absolute Gasteiger partial charge is 0.270 e. The number of para-hydroxylation sites is 1. The van der Waals surface area contributed by atoms with Gasteiger partial charge in [0.25, 0.3) is 10.0 Å². The first kappa shape index (κ1) is 25.3. The maximum Gasteiger partial charge on any atom is 0.270 e. The molecular formula is C28H30N2O5S. The summed E-state index contributed by atoms with van der Waals surface area (Å²) >= 11 is 0. The number of nitrogens with zero attached hydrogens (tertiary/aromatic N) is 1. The quantitative estimate of drug-likeness (QED) is 0.317. The predicted molar refractivity (Wildman–Crippen MR) is 141 cm³/mol. The second kappa shape index (κ2) is 11.3. The van der Waals surface area contributed by atoms with Crippen LogP contribution in [-0.2, 0) is 23.0 Å². The van der Waals surface area contributed by atoms with E-state index in [-0.39, 0.29) is 11.4 Å². The fraction of sp³-hybridized carbons (Fsp3) is 0.250. The van der Waals surface area contributed by atoms with Gasteiger partial charge in [-0.3, -0.25) is 9.10 Å². The average molecular weight is 507 g/mol.